The Morgan fingerprint density at radius 3 is 2.73 bits per heavy atom. The van der Waals surface area contributed by atoms with Crippen molar-refractivity contribution in [1.29, 1.82) is 0 Å². The Hall–Kier alpha value is -1.51. The number of hydrogen-bond donors (Lipinski definition) is 1. The molecule has 0 radical (unpaired) electrons. The summed E-state index contributed by atoms with van der Waals surface area (Å²) in [5, 5.41) is 2.84. The van der Waals surface area contributed by atoms with Gasteiger partial charge in [-0.2, -0.15) is 0 Å². The predicted octanol–water partition coefficient (Wildman–Crippen LogP) is 2.29. The van der Waals surface area contributed by atoms with Crippen LogP contribution in [0, 0.1) is 0 Å². The van der Waals surface area contributed by atoms with E-state index in [4.69, 9.17) is 4.74 Å². The minimum absolute atomic E-state index is 0.116. The van der Waals surface area contributed by atoms with Crippen molar-refractivity contribution in [2.24, 2.45) is 0 Å². The third-order valence-electron chi connectivity index (χ3n) is 2.85. The van der Waals surface area contributed by atoms with E-state index >= 15 is 0 Å². The van der Waals surface area contributed by atoms with Crippen LogP contribution in [0.4, 0.5) is 4.79 Å². The fraction of sp³-hybridized carbons (Fsp3) is 0.417. The lowest BCUT2D eigenvalue weighted by Crippen LogP contribution is -2.32. The third kappa shape index (κ3) is 2.12. The highest BCUT2D eigenvalue weighted by atomic mass is 16.6. The van der Waals surface area contributed by atoms with E-state index in [0.29, 0.717) is 12.5 Å². The molecule has 0 aromatic heterocycles. The molecule has 80 valence electrons. The lowest BCUT2D eigenvalue weighted by molar-refractivity contribution is 0.176. The summed E-state index contributed by atoms with van der Waals surface area (Å²) in [6.07, 6.45) is 0.701. The normalized spacial score (nSPS) is 21.9. The standard InChI is InChI=1S/C12H15NO2/c1-2-10(9-6-4-3-5-7-9)11-8-15-12(14)13-11/h3-7,10-11H,2,8H2,1H3,(H,13,14)/t10?,11-/m0/s1. The van der Waals surface area contributed by atoms with Crippen LogP contribution in [0.25, 0.3) is 0 Å². The average molecular weight is 205 g/mol. The number of ether oxygens (including phenoxy) is 1. The SMILES string of the molecule is CCC(c1ccccc1)[C@@H]1COC(=O)N1. The fourth-order valence-corrected chi connectivity index (χ4v) is 2.07. The lowest BCUT2D eigenvalue weighted by atomic mass is 9.90. The van der Waals surface area contributed by atoms with E-state index in [-0.39, 0.29) is 12.1 Å². The largest absolute Gasteiger partial charge is 0.447 e. The molecule has 1 amide bonds. The predicted molar refractivity (Wildman–Crippen MR) is 57.7 cm³/mol. The van der Waals surface area contributed by atoms with E-state index in [1.165, 1.54) is 5.56 Å². The molecule has 1 aromatic rings. The number of cyclic esters (lactones) is 1. The first-order valence-electron chi connectivity index (χ1n) is 5.29. The molecule has 1 heterocycles. The topological polar surface area (TPSA) is 38.3 Å². The summed E-state index contributed by atoms with van der Waals surface area (Å²) in [4.78, 5) is 11.0. The minimum atomic E-state index is -0.297. The smallest absolute Gasteiger partial charge is 0.407 e. The molecule has 3 heteroatoms. The molecule has 1 saturated heterocycles. The maximum atomic E-state index is 11.0. The van der Waals surface area contributed by atoms with Crippen LogP contribution in [-0.4, -0.2) is 18.7 Å². The number of nitrogens with one attached hydrogen (secondary N) is 1. The zero-order valence-electron chi connectivity index (χ0n) is 8.77. The molecule has 1 unspecified atom stereocenters. The number of hydrogen-bond acceptors (Lipinski definition) is 2. The highest BCUT2D eigenvalue weighted by Gasteiger charge is 2.29. The molecule has 3 nitrogen and oxygen atoms in total. The van der Waals surface area contributed by atoms with Gasteiger partial charge >= 0.3 is 6.09 Å². The minimum Gasteiger partial charge on any atom is -0.447 e. The summed E-state index contributed by atoms with van der Waals surface area (Å²) in [6, 6.07) is 10.4. The van der Waals surface area contributed by atoms with Gasteiger partial charge in [0.1, 0.15) is 6.61 Å². The van der Waals surface area contributed by atoms with Crippen LogP contribution in [0.1, 0.15) is 24.8 Å². The first-order valence-corrected chi connectivity index (χ1v) is 5.29. The maximum absolute atomic E-state index is 11.0. The summed E-state index contributed by atoms with van der Waals surface area (Å²) < 4.78 is 4.92. The molecule has 0 bridgehead atoms. The van der Waals surface area contributed by atoms with Gasteiger partial charge in [-0.3, -0.25) is 0 Å². The lowest BCUT2D eigenvalue weighted by Gasteiger charge is -2.20. The van der Waals surface area contributed by atoms with Crippen molar-refractivity contribution in [3.8, 4) is 0 Å². The Balaban J connectivity index is 2.14. The number of rotatable bonds is 3. The summed E-state index contributed by atoms with van der Waals surface area (Å²) in [5.74, 6) is 0.345. The molecule has 1 fully saturated rings. The van der Waals surface area contributed by atoms with Crippen LogP contribution < -0.4 is 5.32 Å². The number of amides is 1. The second-order valence-electron chi connectivity index (χ2n) is 3.77. The van der Waals surface area contributed by atoms with E-state index in [0.717, 1.165) is 6.42 Å². The van der Waals surface area contributed by atoms with Gasteiger partial charge in [-0.1, -0.05) is 37.3 Å². The highest BCUT2D eigenvalue weighted by molar-refractivity contribution is 5.69. The number of carbonyl (C=O) groups is 1. The van der Waals surface area contributed by atoms with Gasteiger partial charge in [-0.15, -0.1) is 0 Å². The Morgan fingerprint density at radius 2 is 2.20 bits per heavy atom. The van der Waals surface area contributed by atoms with Gasteiger partial charge in [0.25, 0.3) is 0 Å². The summed E-state index contributed by atoms with van der Waals surface area (Å²) in [7, 11) is 0. The fourth-order valence-electron chi connectivity index (χ4n) is 2.07. The Morgan fingerprint density at radius 1 is 1.47 bits per heavy atom. The number of carbonyl (C=O) groups excluding carboxylic acids is 1. The molecule has 0 spiro atoms. The molecular formula is C12H15NO2. The summed E-state index contributed by atoms with van der Waals surface area (Å²) in [6.45, 7) is 2.61. The highest BCUT2D eigenvalue weighted by Crippen LogP contribution is 2.25. The molecule has 0 aliphatic carbocycles. The van der Waals surface area contributed by atoms with Gasteiger partial charge in [-0.25, -0.2) is 4.79 Å². The molecule has 2 atom stereocenters. The molecule has 1 aliphatic rings. The van der Waals surface area contributed by atoms with Gasteiger partial charge in [0, 0.05) is 5.92 Å². The second kappa shape index (κ2) is 4.34. The van der Waals surface area contributed by atoms with Crippen molar-refractivity contribution in [2.45, 2.75) is 25.3 Å². The number of benzene rings is 1. The van der Waals surface area contributed by atoms with Crippen molar-refractivity contribution in [2.75, 3.05) is 6.61 Å². The zero-order valence-corrected chi connectivity index (χ0v) is 8.77. The van der Waals surface area contributed by atoms with E-state index in [1.807, 2.05) is 18.2 Å². The molecule has 15 heavy (non-hydrogen) atoms. The zero-order chi connectivity index (χ0) is 10.7. The quantitative estimate of drug-likeness (QED) is 0.822. The van der Waals surface area contributed by atoms with Crippen LogP contribution in [0.2, 0.25) is 0 Å². The third-order valence-corrected chi connectivity index (χ3v) is 2.85. The van der Waals surface area contributed by atoms with Gasteiger partial charge < -0.3 is 10.1 Å². The van der Waals surface area contributed by atoms with E-state index in [9.17, 15) is 4.79 Å². The van der Waals surface area contributed by atoms with Crippen molar-refractivity contribution >= 4 is 6.09 Å². The molecule has 1 N–H and O–H groups in total. The monoisotopic (exact) mass is 205 g/mol. The number of alkyl carbamates (subject to hydrolysis) is 1. The van der Waals surface area contributed by atoms with Gasteiger partial charge in [0.15, 0.2) is 0 Å². The van der Waals surface area contributed by atoms with Gasteiger partial charge in [0.2, 0.25) is 0 Å². The van der Waals surface area contributed by atoms with Crippen LogP contribution in [-0.2, 0) is 4.74 Å². The van der Waals surface area contributed by atoms with Crippen molar-refractivity contribution < 1.29 is 9.53 Å². The first kappa shape index (κ1) is 10.0. The van der Waals surface area contributed by atoms with Crippen molar-refractivity contribution in [3.05, 3.63) is 35.9 Å². The van der Waals surface area contributed by atoms with Crippen LogP contribution >= 0.6 is 0 Å². The Labute approximate surface area is 89.4 Å². The van der Waals surface area contributed by atoms with Crippen LogP contribution in [0.5, 0.6) is 0 Å². The Bertz CT molecular complexity index is 337. The van der Waals surface area contributed by atoms with Crippen molar-refractivity contribution in [1.82, 2.24) is 5.32 Å². The first-order chi connectivity index (χ1) is 7.31. The molecule has 1 aliphatic heterocycles. The van der Waals surface area contributed by atoms with E-state index in [1.54, 1.807) is 0 Å². The van der Waals surface area contributed by atoms with Gasteiger partial charge in [0.05, 0.1) is 6.04 Å². The second-order valence-corrected chi connectivity index (χ2v) is 3.77. The van der Waals surface area contributed by atoms with E-state index in [2.05, 4.69) is 24.4 Å². The van der Waals surface area contributed by atoms with Crippen molar-refractivity contribution in [3.63, 3.8) is 0 Å². The molecular weight excluding hydrogens is 190 g/mol. The average Bonchev–Trinajstić information content (AvgIpc) is 2.68. The van der Waals surface area contributed by atoms with Gasteiger partial charge in [-0.05, 0) is 12.0 Å². The maximum Gasteiger partial charge on any atom is 0.407 e. The summed E-state index contributed by atoms with van der Waals surface area (Å²) >= 11 is 0. The molecule has 1 aromatic carbocycles. The summed E-state index contributed by atoms with van der Waals surface area (Å²) in [5.41, 5.74) is 1.26. The van der Waals surface area contributed by atoms with Crippen LogP contribution in [0.15, 0.2) is 30.3 Å². The van der Waals surface area contributed by atoms with E-state index < -0.39 is 0 Å². The molecule has 0 saturated carbocycles. The molecule has 2 rings (SSSR count). The Kier molecular flexibility index (Phi) is 2.90. The van der Waals surface area contributed by atoms with Crippen LogP contribution in [0.3, 0.4) is 0 Å².